The van der Waals surface area contributed by atoms with Gasteiger partial charge in [-0.05, 0) is 30.5 Å². The maximum absolute atomic E-state index is 13.3. The van der Waals surface area contributed by atoms with E-state index in [2.05, 4.69) is 5.32 Å². The van der Waals surface area contributed by atoms with Gasteiger partial charge in [0.1, 0.15) is 10.9 Å². The third-order valence-corrected chi connectivity index (χ3v) is 7.41. The first kappa shape index (κ1) is 24.4. The number of fused-ring (bicyclic) bond motifs is 1. The number of hydrogen-bond donors (Lipinski definition) is 1. The van der Waals surface area contributed by atoms with Crippen LogP contribution in [0, 0.1) is 0 Å². The Morgan fingerprint density at radius 2 is 1.70 bits per heavy atom. The molecule has 3 amide bonds. The molecule has 1 N–H and O–H groups in total. The first-order valence-corrected chi connectivity index (χ1v) is 12.5. The van der Waals surface area contributed by atoms with Gasteiger partial charge in [0.2, 0.25) is 11.8 Å². The van der Waals surface area contributed by atoms with Crippen molar-refractivity contribution in [2.24, 2.45) is 0 Å². The highest BCUT2D eigenvalue weighted by Crippen LogP contribution is 2.30. The minimum Gasteiger partial charge on any atom is -0.354 e. The third-order valence-electron chi connectivity index (χ3n) is 5.57. The predicted octanol–water partition coefficient (Wildman–Crippen LogP) is 2.55. The van der Waals surface area contributed by atoms with Gasteiger partial charge in [-0.1, -0.05) is 56.3 Å². The lowest BCUT2D eigenvalue weighted by molar-refractivity contribution is -0.141. The second-order valence-electron chi connectivity index (χ2n) is 7.85. The number of rotatable bonds is 10. The van der Waals surface area contributed by atoms with Crippen molar-refractivity contribution in [2.45, 2.75) is 50.6 Å². The summed E-state index contributed by atoms with van der Waals surface area (Å²) in [6.07, 6.45) is 0.953. The van der Waals surface area contributed by atoms with Crippen molar-refractivity contribution < 1.29 is 22.8 Å². The lowest BCUT2D eigenvalue weighted by Gasteiger charge is -2.31. The van der Waals surface area contributed by atoms with Gasteiger partial charge in [0.05, 0.1) is 5.56 Å². The topological polar surface area (TPSA) is 104 Å². The molecular formula is C24H29N3O5S. The maximum Gasteiger partial charge on any atom is 0.269 e. The zero-order valence-electron chi connectivity index (χ0n) is 18.9. The minimum absolute atomic E-state index is 0.0473. The van der Waals surface area contributed by atoms with E-state index in [1.807, 2.05) is 44.2 Å². The molecule has 0 spiro atoms. The Bertz CT molecular complexity index is 1120. The standard InChI is InChI=1S/C24H29N3O5S/c1-3-15-25-23(29)20(4-2)26(17-18-10-6-5-7-11-18)22(28)14-16-27-24(30)19-12-8-9-13-21(19)33(27,31)32/h5-13,20H,3-4,14-17H2,1-2H3,(H,25,29). The fourth-order valence-electron chi connectivity index (χ4n) is 3.86. The van der Waals surface area contributed by atoms with E-state index in [0.29, 0.717) is 13.0 Å². The molecule has 1 atom stereocenters. The summed E-state index contributed by atoms with van der Waals surface area (Å²) in [5.74, 6) is -1.28. The first-order chi connectivity index (χ1) is 15.8. The molecule has 1 aliphatic rings. The summed E-state index contributed by atoms with van der Waals surface area (Å²) in [6, 6.07) is 14.6. The number of nitrogens with zero attached hydrogens (tertiary/aromatic N) is 2. The van der Waals surface area contributed by atoms with Gasteiger partial charge >= 0.3 is 0 Å². The van der Waals surface area contributed by atoms with Gasteiger partial charge < -0.3 is 10.2 Å². The molecule has 33 heavy (non-hydrogen) atoms. The number of benzene rings is 2. The van der Waals surface area contributed by atoms with Crippen molar-refractivity contribution in [1.82, 2.24) is 14.5 Å². The second kappa shape index (κ2) is 10.6. The predicted molar refractivity (Wildman–Crippen MR) is 124 cm³/mol. The smallest absolute Gasteiger partial charge is 0.269 e. The molecular weight excluding hydrogens is 442 g/mol. The molecule has 0 saturated carbocycles. The lowest BCUT2D eigenvalue weighted by Crippen LogP contribution is -2.49. The van der Waals surface area contributed by atoms with Crippen molar-refractivity contribution in [3.05, 3.63) is 65.7 Å². The van der Waals surface area contributed by atoms with Gasteiger partial charge in [0.15, 0.2) is 0 Å². The van der Waals surface area contributed by atoms with E-state index in [-0.39, 0.29) is 35.9 Å². The van der Waals surface area contributed by atoms with Gasteiger partial charge in [0, 0.05) is 26.1 Å². The fourth-order valence-corrected chi connectivity index (χ4v) is 5.43. The van der Waals surface area contributed by atoms with Gasteiger partial charge in [-0.2, -0.15) is 0 Å². The summed E-state index contributed by atoms with van der Waals surface area (Å²) in [6.45, 7) is 4.19. The largest absolute Gasteiger partial charge is 0.354 e. The van der Waals surface area contributed by atoms with Crippen LogP contribution in [0.5, 0.6) is 0 Å². The van der Waals surface area contributed by atoms with Crippen LogP contribution < -0.4 is 5.32 Å². The Morgan fingerprint density at radius 1 is 1.03 bits per heavy atom. The number of hydrogen-bond acceptors (Lipinski definition) is 5. The van der Waals surface area contributed by atoms with Crippen LogP contribution in [0.4, 0.5) is 0 Å². The summed E-state index contributed by atoms with van der Waals surface area (Å²) >= 11 is 0. The van der Waals surface area contributed by atoms with Crippen LogP contribution in [0.15, 0.2) is 59.5 Å². The van der Waals surface area contributed by atoms with E-state index < -0.39 is 27.9 Å². The molecule has 0 bridgehead atoms. The number of nitrogens with one attached hydrogen (secondary N) is 1. The van der Waals surface area contributed by atoms with Crippen molar-refractivity contribution in [2.75, 3.05) is 13.1 Å². The van der Waals surface area contributed by atoms with Crippen LogP contribution in [0.2, 0.25) is 0 Å². The molecule has 1 heterocycles. The van der Waals surface area contributed by atoms with Crippen LogP contribution in [-0.2, 0) is 26.2 Å². The van der Waals surface area contributed by atoms with Crippen molar-refractivity contribution in [3.63, 3.8) is 0 Å². The average molecular weight is 472 g/mol. The average Bonchev–Trinajstić information content (AvgIpc) is 3.01. The zero-order valence-corrected chi connectivity index (χ0v) is 19.7. The SMILES string of the molecule is CCCNC(=O)C(CC)N(Cc1ccccc1)C(=O)CCN1C(=O)c2ccccc2S1(=O)=O. The summed E-state index contributed by atoms with van der Waals surface area (Å²) in [5.41, 5.74) is 0.960. The van der Waals surface area contributed by atoms with E-state index in [9.17, 15) is 22.8 Å². The molecule has 2 aromatic rings. The maximum atomic E-state index is 13.3. The summed E-state index contributed by atoms with van der Waals surface area (Å²) in [5, 5.41) is 2.84. The molecule has 0 fully saturated rings. The fraction of sp³-hybridized carbons (Fsp3) is 0.375. The number of amides is 3. The summed E-state index contributed by atoms with van der Waals surface area (Å²) in [7, 11) is -4.00. The Balaban J connectivity index is 1.80. The van der Waals surface area contributed by atoms with E-state index in [1.165, 1.54) is 17.0 Å². The Kier molecular flexibility index (Phi) is 7.86. The molecule has 0 aliphatic carbocycles. The Hall–Kier alpha value is -3.20. The van der Waals surface area contributed by atoms with E-state index in [0.717, 1.165) is 16.3 Å². The number of carbonyl (C=O) groups is 3. The monoisotopic (exact) mass is 471 g/mol. The minimum atomic E-state index is -4.00. The van der Waals surface area contributed by atoms with E-state index in [4.69, 9.17) is 0 Å². The molecule has 2 aromatic carbocycles. The molecule has 0 saturated heterocycles. The molecule has 3 rings (SSSR count). The van der Waals surface area contributed by atoms with Crippen LogP contribution in [0.1, 0.15) is 49.0 Å². The molecule has 8 nitrogen and oxygen atoms in total. The lowest BCUT2D eigenvalue weighted by atomic mass is 10.1. The quantitative estimate of drug-likeness (QED) is 0.574. The highest BCUT2D eigenvalue weighted by atomic mass is 32.2. The summed E-state index contributed by atoms with van der Waals surface area (Å²) < 4.78 is 26.3. The van der Waals surface area contributed by atoms with Crippen molar-refractivity contribution >= 4 is 27.7 Å². The Labute approximate surface area is 194 Å². The van der Waals surface area contributed by atoms with Crippen LogP contribution in [0.25, 0.3) is 0 Å². The van der Waals surface area contributed by atoms with Gasteiger partial charge in [-0.25, -0.2) is 12.7 Å². The Morgan fingerprint density at radius 3 is 2.33 bits per heavy atom. The van der Waals surface area contributed by atoms with E-state index >= 15 is 0 Å². The molecule has 0 aromatic heterocycles. The normalized spacial score (nSPS) is 15.1. The van der Waals surface area contributed by atoms with Crippen molar-refractivity contribution in [3.8, 4) is 0 Å². The van der Waals surface area contributed by atoms with Gasteiger partial charge in [-0.15, -0.1) is 0 Å². The van der Waals surface area contributed by atoms with Gasteiger partial charge in [0.25, 0.3) is 15.9 Å². The molecule has 1 aliphatic heterocycles. The third kappa shape index (κ3) is 5.24. The van der Waals surface area contributed by atoms with Gasteiger partial charge in [-0.3, -0.25) is 14.4 Å². The molecule has 9 heteroatoms. The zero-order chi connectivity index (χ0) is 24.0. The second-order valence-corrected chi connectivity index (χ2v) is 9.68. The summed E-state index contributed by atoms with van der Waals surface area (Å²) in [4.78, 5) is 40.1. The number of carbonyl (C=O) groups excluding carboxylic acids is 3. The van der Waals surface area contributed by atoms with Crippen LogP contribution >= 0.6 is 0 Å². The van der Waals surface area contributed by atoms with Crippen LogP contribution in [0.3, 0.4) is 0 Å². The first-order valence-electron chi connectivity index (χ1n) is 11.1. The van der Waals surface area contributed by atoms with Crippen LogP contribution in [-0.4, -0.2) is 54.5 Å². The highest BCUT2D eigenvalue weighted by Gasteiger charge is 2.41. The molecule has 0 radical (unpaired) electrons. The number of sulfonamides is 1. The molecule has 1 unspecified atom stereocenters. The van der Waals surface area contributed by atoms with E-state index in [1.54, 1.807) is 12.1 Å². The highest BCUT2D eigenvalue weighted by molar-refractivity contribution is 7.90. The van der Waals surface area contributed by atoms with Crippen molar-refractivity contribution in [1.29, 1.82) is 0 Å². The molecule has 176 valence electrons.